The Bertz CT molecular complexity index is 775. The van der Waals surface area contributed by atoms with Crippen molar-refractivity contribution in [1.29, 1.82) is 0 Å². The average Bonchev–Trinajstić information content (AvgIpc) is 3.35. The first kappa shape index (κ1) is 16.5. The molecule has 134 valence electrons. The molecule has 0 radical (unpaired) electrons. The highest BCUT2D eigenvalue weighted by Gasteiger charge is 2.30. The van der Waals surface area contributed by atoms with Crippen LogP contribution in [-0.4, -0.2) is 39.5 Å². The minimum Gasteiger partial charge on any atom is -0.353 e. The van der Waals surface area contributed by atoms with Crippen molar-refractivity contribution >= 4 is 16.9 Å². The van der Waals surface area contributed by atoms with Gasteiger partial charge in [-0.05, 0) is 57.8 Å². The molecule has 1 aliphatic heterocycles. The molecule has 0 unspecified atom stereocenters. The fourth-order valence-electron chi connectivity index (χ4n) is 3.73. The Labute approximate surface area is 147 Å². The maximum Gasteiger partial charge on any atom is 0.223 e. The molecule has 0 bridgehead atoms. The van der Waals surface area contributed by atoms with Gasteiger partial charge in [-0.3, -0.25) is 9.69 Å². The van der Waals surface area contributed by atoms with E-state index in [-0.39, 0.29) is 17.6 Å². The van der Waals surface area contributed by atoms with Crippen LogP contribution in [0.15, 0.2) is 18.2 Å². The van der Waals surface area contributed by atoms with Crippen LogP contribution in [0.2, 0.25) is 0 Å². The predicted molar refractivity (Wildman–Crippen MR) is 94.5 cm³/mol. The topological polar surface area (TPSA) is 50.2 Å². The molecule has 1 aliphatic carbocycles. The summed E-state index contributed by atoms with van der Waals surface area (Å²) < 4.78 is 15.6. The number of hydrogen-bond acceptors (Lipinski definition) is 3. The third-order valence-electron chi connectivity index (χ3n) is 5.35. The molecular formula is C19H25FN4O. The summed E-state index contributed by atoms with van der Waals surface area (Å²) in [4.78, 5) is 19.2. The first-order chi connectivity index (χ1) is 12.1. The number of benzene rings is 1. The fraction of sp³-hybridized carbons (Fsp3) is 0.579. The molecule has 2 heterocycles. The van der Waals surface area contributed by atoms with Gasteiger partial charge in [-0.15, -0.1) is 0 Å². The Balaban J connectivity index is 1.41. The van der Waals surface area contributed by atoms with E-state index in [1.54, 1.807) is 6.07 Å². The second kappa shape index (κ2) is 6.75. The molecular weight excluding hydrogens is 319 g/mol. The van der Waals surface area contributed by atoms with E-state index in [0.717, 1.165) is 68.7 Å². The molecule has 1 amide bonds. The highest BCUT2D eigenvalue weighted by atomic mass is 19.1. The van der Waals surface area contributed by atoms with Gasteiger partial charge in [0.15, 0.2) is 0 Å². The minimum absolute atomic E-state index is 0.149. The number of likely N-dealkylation sites (tertiary alicyclic amines) is 1. The molecule has 0 spiro atoms. The molecule has 2 aliphatic rings. The van der Waals surface area contributed by atoms with Crippen LogP contribution in [0, 0.1) is 11.7 Å². The zero-order chi connectivity index (χ0) is 17.4. The highest BCUT2D eigenvalue weighted by molar-refractivity contribution is 5.79. The summed E-state index contributed by atoms with van der Waals surface area (Å²) >= 11 is 0. The molecule has 2 aromatic rings. The van der Waals surface area contributed by atoms with Crippen LogP contribution in [0.5, 0.6) is 0 Å². The Morgan fingerprint density at radius 3 is 2.72 bits per heavy atom. The smallest absolute Gasteiger partial charge is 0.223 e. The quantitative estimate of drug-likeness (QED) is 0.907. The SMILES string of the molecule is CCn1c(CN2CCC(C(=O)NC3CC3)CC2)nc2cc(F)ccc21. The number of hydrogen-bond donors (Lipinski definition) is 1. The number of carbonyl (C=O) groups excluding carboxylic acids is 1. The van der Waals surface area contributed by atoms with Crippen LogP contribution < -0.4 is 5.32 Å². The minimum atomic E-state index is -0.248. The van der Waals surface area contributed by atoms with Crippen molar-refractivity contribution < 1.29 is 9.18 Å². The highest BCUT2D eigenvalue weighted by Crippen LogP contribution is 2.24. The van der Waals surface area contributed by atoms with Gasteiger partial charge in [0, 0.05) is 24.6 Å². The number of aromatic nitrogens is 2. The molecule has 4 rings (SSSR count). The molecule has 1 aromatic carbocycles. The molecule has 5 nitrogen and oxygen atoms in total. The van der Waals surface area contributed by atoms with E-state index >= 15 is 0 Å². The Hall–Kier alpha value is -1.95. The van der Waals surface area contributed by atoms with Gasteiger partial charge in [0.25, 0.3) is 0 Å². The van der Waals surface area contributed by atoms with Crippen LogP contribution in [-0.2, 0) is 17.9 Å². The van der Waals surface area contributed by atoms with E-state index in [2.05, 4.69) is 26.7 Å². The van der Waals surface area contributed by atoms with E-state index in [1.807, 2.05) is 0 Å². The first-order valence-electron chi connectivity index (χ1n) is 9.31. The van der Waals surface area contributed by atoms with Crippen LogP contribution >= 0.6 is 0 Å². The molecule has 2 fully saturated rings. The van der Waals surface area contributed by atoms with E-state index in [0.29, 0.717) is 6.04 Å². The lowest BCUT2D eigenvalue weighted by Crippen LogP contribution is -2.41. The molecule has 1 N–H and O–H groups in total. The summed E-state index contributed by atoms with van der Waals surface area (Å²) in [6, 6.07) is 5.23. The third kappa shape index (κ3) is 3.54. The summed E-state index contributed by atoms with van der Waals surface area (Å²) in [7, 11) is 0. The summed E-state index contributed by atoms with van der Waals surface area (Å²) in [5.41, 5.74) is 1.70. The molecule has 1 saturated heterocycles. The van der Waals surface area contributed by atoms with Crippen molar-refractivity contribution in [2.75, 3.05) is 13.1 Å². The van der Waals surface area contributed by atoms with Crippen LogP contribution in [0.4, 0.5) is 4.39 Å². The second-order valence-electron chi connectivity index (χ2n) is 7.24. The van der Waals surface area contributed by atoms with Crippen LogP contribution in [0.1, 0.15) is 38.4 Å². The van der Waals surface area contributed by atoms with Crippen molar-refractivity contribution in [2.45, 2.75) is 51.7 Å². The van der Waals surface area contributed by atoms with Gasteiger partial charge in [-0.1, -0.05) is 0 Å². The van der Waals surface area contributed by atoms with Crippen molar-refractivity contribution in [3.05, 3.63) is 29.8 Å². The van der Waals surface area contributed by atoms with Gasteiger partial charge in [0.1, 0.15) is 11.6 Å². The van der Waals surface area contributed by atoms with Gasteiger partial charge in [-0.2, -0.15) is 0 Å². The number of nitrogens with one attached hydrogen (secondary N) is 1. The number of fused-ring (bicyclic) bond motifs is 1. The lowest BCUT2D eigenvalue weighted by molar-refractivity contribution is -0.126. The zero-order valence-corrected chi connectivity index (χ0v) is 14.7. The van der Waals surface area contributed by atoms with Gasteiger partial charge in [-0.25, -0.2) is 9.37 Å². The Kier molecular flexibility index (Phi) is 4.46. The first-order valence-corrected chi connectivity index (χ1v) is 9.31. The van der Waals surface area contributed by atoms with E-state index < -0.39 is 0 Å². The summed E-state index contributed by atoms with van der Waals surface area (Å²) in [6.45, 7) is 5.47. The monoisotopic (exact) mass is 344 g/mol. The number of piperidine rings is 1. The van der Waals surface area contributed by atoms with Gasteiger partial charge >= 0.3 is 0 Å². The average molecular weight is 344 g/mol. The number of nitrogens with zero attached hydrogens (tertiary/aromatic N) is 3. The number of rotatable bonds is 5. The molecule has 0 atom stereocenters. The summed E-state index contributed by atoms with van der Waals surface area (Å²) in [5.74, 6) is 1.11. The van der Waals surface area contributed by atoms with Gasteiger partial charge in [0.2, 0.25) is 5.91 Å². The largest absolute Gasteiger partial charge is 0.353 e. The van der Waals surface area contributed by atoms with Crippen molar-refractivity contribution in [2.24, 2.45) is 5.92 Å². The second-order valence-corrected chi connectivity index (χ2v) is 7.24. The van der Waals surface area contributed by atoms with Crippen molar-refractivity contribution in [1.82, 2.24) is 19.8 Å². The normalized spacial score (nSPS) is 19.4. The van der Waals surface area contributed by atoms with Crippen molar-refractivity contribution in [3.8, 4) is 0 Å². The number of halogens is 1. The lowest BCUT2D eigenvalue weighted by Gasteiger charge is -2.31. The standard InChI is InChI=1S/C19H25FN4O/c1-2-24-17-6-3-14(20)11-16(17)22-18(24)12-23-9-7-13(8-10-23)19(25)21-15-4-5-15/h3,6,11,13,15H,2,4-5,7-10,12H2,1H3,(H,21,25). The molecule has 25 heavy (non-hydrogen) atoms. The fourth-order valence-corrected chi connectivity index (χ4v) is 3.73. The Morgan fingerprint density at radius 2 is 2.04 bits per heavy atom. The predicted octanol–water partition coefficient (Wildman–Crippen LogP) is 2.69. The molecule has 6 heteroatoms. The Morgan fingerprint density at radius 1 is 1.28 bits per heavy atom. The van der Waals surface area contributed by atoms with Crippen molar-refractivity contribution in [3.63, 3.8) is 0 Å². The maximum atomic E-state index is 13.5. The number of aryl methyl sites for hydroxylation is 1. The number of imidazole rings is 1. The summed E-state index contributed by atoms with van der Waals surface area (Å²) in [6.07, 6.45) is 4.08. The van der Waals surface area contributed by atoms with Gasteiger partial charge in [0.05, 0.1) is 17.6 Å². The molecule has 1 aromatic heterocycles. The van der Waals surface area contributed by atoms with E-state index in [9.17, 15) is 9.18 Å². The lowest BCUT2D eigenvalue weighted by atomic mass is 9.96. The van der Waals surface area contributed by atoms with E-state index in [1.165, 1.54) is 12.1 Å². The van der Waals surface area contributed by atoms with Crippen LogP contribution in [0.3, 0.4) is 0 Å². The molecule has 1 saturated carbocycles. The van der Waals surface area contributed by atoms with Crippen LogP contribution in [0.25, 0.3) is 11.0 Å². The summed E-state index contributed by atoms with van der Waals surface area (Å²) in [5, 5.41) is 3.12. The maximum absolute atomic E-state index is 13.5. The third-order valence-corrected chi connectivity index (χ3v) is 5.35. The number of carbonyl (C=O) groups is 1. The zero-order valence-electron chi connectivity index (χ0n) is 14.7. The number of amides is 1. The van der Waals surface area contributed by atoms with E-state index in [4.69, 9.17) is 0 Å². The van der Waals surface area contributed by atoms with Gasteiger partial charge < -0.3 is 9.88 Å².